The molecule has 1 aromatic carbocycles. The Morgan fingerprint density at radius 1 is 1.30 bits per heavy atom. The number of hydrogen-bond donors (Lipinski definition) is 0. The number of fused-ring (bicyclic) bond motifs is 3. The SMILES string of the molecule is CC1CC2(c3ccccc3)N(CCc3cncn32)C1=O. The summed E-state index contributed by atoms with van der Waals surface area (Å²) in [4.78, 5) is 18.9. The van der Waals surface area contributed by atoms with E-state index < -0.39 is 0 Å². The normalized spacial score (nSPS) is 28.4. The van der Waals surface area contributed by atoms with Crippen molar-refractivity contribution < 1.29 is 4.79 Å². The van der Waals surface area contributed by atoms with Crippen molar-refractivity contribution >= 4 is 5.91 Å². The van der Waals surface area contributed by atoms with Gasteiger partial charge in [-0.05, 0) is 5.56 Å². The minimum atomic E-state index is -0.373. The predicted molar refractivity (Wildman–Crippen MR) is 74.9 cm³/mol. The van der Waals surface area contributed by atoms with Crippen molar-refractivity contribution in [1.29, 1.82) is 0 Å². The van der Waals surface area contributed by atoms with E-state index in [-0.39, 0.29) is 17.5 Å². The molecule has 1 amide bonds. The van der Waals surface area contributed by atoms with E-state index in [4.69, 9.17) is 0 Å². The van der Waals surface area contributed by atoms with Gasteiger partial charge < -0.3 is 9.47 Å². The van der Waals surface area contributed by atoms with Crippen molar-refractivity contribution in [3.63, 3.8) is 0 Å². The number of amides is 1. The smallest absolute Gasteiger partial charge is 0.227 e. The molecule has 4 rings (SSSR count). The summed E-state index contributed by atoms with van der Waals surface area (Å²) in [6, 6.07) is 10.3. The van der Waals surface area contributed by atoms with E-state index in [1.165, 1.54) is 11.3 Å². The van der Waals surface area contributed by atoms with Crippen LogP contribution in [-0.2, 0) is 16.9 Å². The highest BCUT2D eigenvalue weighted by atomic mass is 16.2. The van der Waals surface area contributed by atoms with Crippen LogP contribution in [0.5, 0.6) is 0 Å². The average Bonchev–Trinajstić information content (AvgIpc) is 3.05. The third kappa shape index (κ3) is 1.31. The molecule has 0 spiro atoms. The van der Waals surface area contributed by atoms with Crippen molar-refractivity contribution in [3.8, 4) is 0 Å². The summed E-state index contributed by atoms with van der Waals surface area (Å²) in [7, 11) is 0. The van der Waals surface area contributed by atoms with Crippen molar-refractivity contribution in [2.24, 2.45) is 5.92 Å². The molecule has 1 saturated heterocycles. The number of imidazole rings is 1. The number of rotatable bonds is 1. The zero-order valence-corrected chi connectivity index (χ0v) is 11.5. The first kappa shape index (κ1) is 11.7. The Morgan fingerprint density at radius 2 is 2.10 bits per heavy atom. The van der Waals surface area contributed by atoms with Crippen LogP contribution in [-0.4, -0.2) is 26.9 Å². The summed E-state index contributed by atoms with van der Waals surface area (Å²) < 4.78 is 2.20. The molecule has 0 N–H and O–H groups in total. The lowest BCUT2D eigenvalue weighted by molar-refractivity contribution is -0.135. The summed E-state index contributed by atoms with van der Waals surface area (Å²) in [5.74, 6) is 0.316. The van der Waals surface area contributed by atoms with Crippen molar-refractivity contribution in [3.05, 3.63) is 54.1 Å². The number of nitrogens with zero attached hydrogens (tertiary/aromatic N) is 3. The van der Waals surface area contributed by atoms with E-state index in [1.807, 2.05) is 42.5 Å². The lowest BCUT2D eigenvalue weighted by Gasteiger charge is -2.44. The molecule has 0 saturated carbocycles. The fraction of sp³-hybridized carbons (Fsp3) is 0.375. The summed E-state index contributed by atoms with van der Waals surface area (Å²) >= 11 is 0. The van der Waals surface area contributed by atoms with Crippen molar-refractivity contribution in [1.82, 2.24) is 14.5 Å². The largest absolute Gasteiger partial charge is 0.314 e. The van der Waals surface area contributed by atoms with Gasteiger partial charge in [-0.2, -0.15) is 0 Å². The molecule has 2 aliphatic rings. The maximum atomic E-state index is 12.5. The fourth-order valence-electron chi connectivity index (χ4n) is 3.78. The fourth-order valence-corrected chi connectivity index (χ4v) is 3.78. The van der Waals surface area contributed by atoms with Gasteiger partial charge in [-0.15, -0.1) is 0 Å². The molecular weight excluding hydrogens is 250 g/mol. The minimum absolute atomic E-state index is 0.0588. The van der Waals surface area contributed by atoms with Crippen LogP contribution in [0.15, 0.2) is 42.9 Å². The lowest BCUT2D eigenvalue weighted by atomic mass is 9.91. The molecule has 1 aromatic heterocycles. The summed E-state index contributed by atoms with van der Waals surface area (Å²) in [5, 5.41) is 0. The number of benzene rings is 1. The van der Waals surface area contributed by atoms with E-state index >= 15 is 0 Å². The number of carbonyl (C=O) groups excluding carboxylic acids is 1. The average molecular weight is 267 g/mol. The van der Waals surface area contributed by atoms with Crippen LogP contribution in [0.25, 0.3) is 0 Å². The third-order valence-electron chi connectivity index (χ3n) is 4.67. The van der Waals surface area contributed by atoms with Crippen LogP contribution < -0.4 is 0 Å². The van der Waals surface area contributed by atoms with Crippen LogP contribution in [0, 0.1) is 5.92 Å². The van der Waals surface area contributed by atoms with Gasteiger partial charge in [-0.1, -0.05) is 37.3 Å². The first-order chi connectivity index (χ1) is 9.73. The molecule has 2 unspecified atom stereocenters. The zero-order chi connectivity index (χ0) is 13.7. The molecule has 0 bridgehead atoms. The number of hydrogen-bond acceptors (Lipinski definition) is 2. The lowest BCUT2D eigenvalue weighted by Crippen LogP contribution is -2.53. The Balaban J connectivity index is 1.99. The number of aromatic nitrogens is 2. The second-order valence-electron chi connectivity index (χ2n) is 5.78. The Kier molecular flexibility index (Phi) is 2.31. The number of carbonyl (C=O) groups is 1. The quantitative estimate of drug-likeness (QED) is 0.792. The third-order valence-corrected chi connectivity index (χ3v) is 4.67. The van der Waals surface area contributed by atoms with Crippen LogP contribution in [0.2, 0.25) is 0 Å². The van der Waals surface area contributed by atoms with E-state index in [0.29, 0.717) is 0 Å². The second-order valence-corrected chi connectivity index (χ2v) is 5.78. The molecule has 1 fully saturated rings. The second kappa shape index (κ2) is 3.95. The van der Waals surface area contributed by atoms with Gasteiger partial charge in [0.15, 0.2) is 0 Å². The highest BCUT2D eigenvalue weighted by Crippen LogP contribution is 2.46. The zero-order valence-electron chi connectivity index (χ0n) is 11.5. The Hall–Kier alpha value is -2.10. The molecule has 2 atom stereocenters. The topological polar surface area (TPSA) is 38.1 Å². The van der Waals surface area contributed by atoms with Gasteiger partial charge >= 0.3 is 0 Å². The van der Waals surface area contributed by atoms with Crippen LogP contribution in [0.4, 0.5) is 0 Å². The maximum Gasteiger partial charge on any atom is 0.227 e. The first-order valence-corrected chi connectivity index (χ1v) is 7.12. The van der Waals surface area contributed by atoms with Gasteiger partial charge in [0.2, 0.25) is 5.91 Å². The Labute approximate surface area is 118 Å². The molecule has 20 heavy (non-hydrogen) atoms. The summed E-state index contributed by atoms with van der Waals surface area (Å²) in [6.45, 7) is 2.81. The van der Waals surface area contributed by atoms with Crippen molar-refractivity contribution in [2.75, 3.05) is 6.54 Å². The van der Waals surface area contributed by atoms with E-state index in [0.717, 1.165) is 19.4 Å². The summed E-state index contributed by atoms with van der Waals surface area (Å²) in [6.07, 6.45) is 5.50. The van der Waals surface area contributed by atoms with E-state index in [1.54, 1.807) is 0 Å². The van der Waals surface area contributed by atoms with Crippen LogP contribution >= 0.6 is 0 Å². The van der Waals surface area contributed by atoms with Crippen LogP contribution in [0.3, 0.4) is 0 Å². The molecule has 102 valence electrons. The standard InChI is InChI=1S/C16H17N3O/c1-12-9-16(13-5-3-2-4-6-13)18(15(12)20)8-7-14-10-17-11-19(14)16/h2-6,10-12H,7-9H2,1H3. The van der Waals surface area contributed by atoms with Crippen molar-refractivity contribution in [2.45, 2.75) is 25.4 Å². The molecule has 3 heterocycles. The van der Waals surface area contributed by atoms with Crippen LogP contribution in [0.1, 0.15) is 24.6 Å². The predicted octanol–water partition coefficient (Wildman–Crippen LogP) is 2.01. The molecular formula is C16H17N3O. The minimum Gasteiger partial charge on any atom is -0.314 e. The molecule has 4 heteroatoms. The maximum absolute atomic E-state index is 12.5. The summed E-state index contributed by atoms with van der Waals surface area (Å²) in [5.41, 5.74) is 2.02. The highest BCUT2D eigenvalue weighted by molar-refractivity contribution is 5.82. The van der Waals surface area contributed by atoms with Gasteiger partial charge in [0.05, 0.1) is 6.33 Å². The van der Waals surface area contributed by atoms with Gasteiger partial charge in [-0.25, -0.2) is 4.98 Å². The van der Waals surface area contributed by atoms with E-state index in [9.17, 15) is 4.79 Å². The van der Waals surface area contributed by atoms with Gasteiger partial charge in [0, 0.05) is 37.2 Å². The van der Waals surface area contributed by atoms with E-state index in [2.05, 4.69) is 21.7 Å². The monoisotopic (exact) mass is 267 g/mol. The molecule has 4 nitrogen and oxygen atoms in total. The molecule has 0 aliphatic carbocycles. The Morgan fingerprint density at radius 3 is 2.90 bits per heavy atom. The van der Waals surface area contributed by atoms with Gasteiger partial charge in [0.1, 0.15) is 5.66 Å². The first-order valence-electron chi connectivity index (χ1n) is 7.12. The molecule has 2 aliphatic heterocycles. The van der Waals surface area contributed by atoms with Gasteiger partial charge in [0.25, 0.3) is 0 Å². The van der Waals surface area contributed by atoms with Gasteiger partial charge in [-0.3, -0.25) is 4.79 Å². The molecule has 2 aromatic rings. The Bertz CT molecular complexity index is 663. The highest BCUT2D eigenvalue weighted by Gasteiger charge is 2.53. The molecule has 0 radical (unpaired) electrons.